The molecule has 1 unspecified atom stereocenters. The van der Waals surface area contributed by atoms with Gasteiger partial charge in [0, 0.05) is 42.9 Å². The predicted molar refractivity (Wildman–Crippen MR) is 56.7 cm³/mol. The van der Waals surface area contributed by atoms with E-state index in [0.29, 0.717) is 6.54 Å². The minimum Gasteiger partial charge on any atom is -0.303 e. The van der Waals surface area contributed by atoms with Crippen LogP contribution in [-0.2, 0) is 9.24 Å². The lowest BCUT2D eigenvalue weighted by molar-refractivity contribution is 0.117. The molecule has 0 aromatic rings. The number of rotatable bonds is 3. The van der Waals surface area contributed by atoms with E-state index in [2.05, 4.69) is 14.5 Å². The highest BCUT2D eigenvalue weighted by molar-refractivity contribution is 8.12. The molecule has 0 amide bonds. The van der Waals surface area contributed by atoms with Gasteiger partial charge in [-0.3, -0.25) is 4.90 Å². The molecule has 7 heteroatoms. The van der Waals surface area contributed by atoms with Gasteiger partial charge in [0.25, 0.3) is 9.24 Å². The molecule has 1 rings (SSSR count). The third kappa shape index (κ3) is 4.10. The first-order chi connectivity index (χ1) is 6.38. The largest absolute Gasteiger partial charge is 0.303 e. The van der Waals surface area contributed by atoms with Crippen molar-refractivity contribution in [2.75, 3.05) is 40.3 Å². The maximum atomic E-state index is 10.7. The Hall–Kier alpha value is 0.120. The van der Waals surface area contributed by atoms with Gasteiger partial charge in [-0.25, -0.2) is 4.72 Å². The maximum Gasteiger partial charge on any atom is 0.297 e. The molecule has 0 saturated carbocycles. The van der Waals surface area contributed by atoms with Crippen molar-refractivity contribution in [3.05, 3.63) is 0 Å². The van der Waals surface area contributed by atoms with Crippen LogP contribution in [0, 0.1) is 0 Å². The monoisotopic (exact) mass is 241 g/mol. The number of halogens is 1. The van der Waals surface area contributed by atoms with Gasteiger partial charge in [-0.05, 0) is 14.1 Å². The van der Waals surface area contributed by atoms with Crippen molar-refractivity contribution >= 4 is 19.9 Å². The summed E-state index contributed by atoms with van der Waals surface area (Å²) in [6, 6.07) is 0.197. The van der Waals surface area contributed by atoms with E-state index >= 15 is 0 Å². The second kappa shape index (κ2) is 4.76. The Morgan fingerprint density at radius 3 is 2.64 bits per heavy atom. The van der Waals surface area contributed by atoms with Gasteiger partial charge in [0.15, 0.2) is 0 Å². The molecule has 5 nitrogen and oxygen atoms in total. The summed E-state index contributed by atoms with van der Waals surface area (Å²) in [4.78, 5) is 4.31. The van der Waals surface area contributed by atoms with E-state index in [-0.39, 0.29) is 6.04 Å². The molecule has 0 radical (unpaired) electrons. The topological polar surface area (TPSA) is 52.6 Å². The second-order valence-electron chi connectivity index (χ2n) is 3.68. The molecule has 1 N–H and O–H groups in total. The summed E-state index contributed by atoms with van der Waals surface area (Å²) >= 11 is 0. The highest BCUT2D eigenvalue weighted by atomic mass is 35.7. The van der Waals surface area contributed by atoms with Gasteiger partial charge < -0.3 is 4.90 Å². The van der Waals surface area contributed by atoms with Crippen LogP contribution in [0.1, 0.15) is 0 Å². The quantitative estimate of drug-likeness (QED) is 0.665. The molecule has 0 bridgehead atoms. The number of hydrogen-bond acceptors (Lipinski definition) is 4. The summed E-state index contributed by atoms with van der Waals surface area (Å²) in [5, 5.41) is 0. The van der Waals surface area contributed by atoms with Crippen LogP contribution < -0.4 is 4.72 Å². The smallest absolute Gasteiger partial charge is 0.297 e. The van der Waals surface area contributed by atoms with Crippen molar-refractivity contribution in [1.29, 1.82) is 0 Å². The first-order valence-electron chi connectivity index (χ1n) is 4.46. The zero-order chi connectivity index (χ0) is 10.8. The molecule has 1 saturated heterocycles. The average Bonchev–Trinajstić information content (AvgIpc) is 2.05. The highest BCUT2D eigenvalue weighted by Crippen LogP contribution is 2.05. The number of nitrogens with one attached hydrogen (secondary N) is 1. The van der Waals surface area contributed by atoms with Crippen LogP contribution in [0.2, 0.25) is 0 Å². The molecular formula is C7H16ClN3O2S. The summed E-state index contributed by atoms with van der Waals surface area (Å²) in [6.45, 7) is 3.19. The van der Waals surface area contributed by atoms with E-state index in [0.717, 1.165) is 19.6 Å². The predicted octanol–water partition coefficient (Wildman–Crippen LogP) is -0.695. The molecule has 1 aliphatic rings. The first-order valence-corrected chi connectivity index (χ1v) is 6.77. The molecule has 84 valence electrons. The van der Waals surface area contributed by atoms with Gasteiger partial charge in [-0.2, -0.15) is 8.42 Å². The van der Waals surface area contributed by atoms with Crippen molar-refractivity contribution in [3.63, 3.8) is 0 Å². The van der Waals surface area contributed by atoms with Crippen LogP contribution in [0.25, 0.3) is 0 Å². The van der Waals surface area contributed by atoms with Gasteiger partial charge in [-0.1, -0.05) is 0 Å². The molecule has 0 aromatic heterocycles. The van der Waals surface area contributed by atoms with Gasteiger partial charge >= 0.3 is 0 Å². The third-order valence-corrected chi connectivity index (χ3v) is 3.31. The number of piperazine rings is 1. The number of nitrogens with zero attached hydrogens (tertiary/aromatic N) is 2. The molecular weight excluding hydrogens is 226 g/mol. The lowest BCUT2D eigenvalue weighted by atomic mass is 10.2. The molecule has 14 heavy (non-hydrogen) atoms. The van der Waals surface area contributed by atoms with E-state index in [4.69, 9.17) is 10.7 Å². The van der Waals surface area contributed by atoms with E-state index in [1.54, 1.807) is 0 Å². The summed E-state index contributed by atoms with van der Waals surface area (Å²) < 4.78 is 23.7. The fourth-order valence-electron chi connectivity index (χ4n) is 1.52. The Morgan fingerprint density at radius 1 is 1.43 bits per heavy atom. The Bertz CT molecular complexity index is 283. The molecule has 0 aromatic carbocycles. The Kier molecular flexibility index (Phi) is 4.15. The first kappa shape index (κ1) is 12.2. The highest BCUT2D eigenvalue weighted by Gasteiger charge is 2.22. The van der Waals surface area contributed by atoms with Crippen LogP contribution in [0.15, 0.2) is 0 Å². The van der Waals surface area contributed by atoms with Crippen LogP contribution in [0.3, 0.4) is 0 Å². The molecule has 0 spiro atoms. The maximum absolute atomic E-state index is 10.7. The summed E-state index contributed by atoms with van der Waals surface area (Å²) in [5.41, 5.74) is 0. The summed E-state index contributed by atoms with van der Waals surface area (Å²) in [6.07, 6.45) is 0. The van der Waals surface area contributed by atoms with Crippen molar-refractivity contribution in [1.82, 2.24) is 14.5 Å². The van der Waals surface area contributed by atoms with Gasteiger partial charge in [0.1, 0.15) is 0 Å². The normalized spacial score (nSPS) is 26.6. The minimum atomic E-state index is -3.59. The van der Waals surface area contributed by atoms with Gasteiger partial charge in [0.2, 0.25) is 0 Å². The molecule has 1 aliphatic heterocycles. The van der Waals surface area contributed by atoms with Crippen LogP contribution in [0.5, 0.6) is 0 Å². The van der Waals surface area contributed by atoms with E-state index in [1.807, 2.05) is 14.1 Å². The molecule has 1 fully saturated rings. The van der Waals surface area contributed by atoms with E-state index < -0.39 is 9.24 Å². The van der Waals surface area contributed by atoms with E-state index in [1.165, 1.54) is 0 Å². The van der Waals surface area contributed by atoms with Crippen molar-refractivity contribution in [2.45, 2.75) is 6.04 Å². The van der Waals surface area contributed by atoms with Crippen molar-refractivity contribution < 1.29 is 8.42 Å². The number of hydrogen-bond donors (Lipinski definition) is 1. The Balaban J connectivity index is 2.42. The van der Waals surface area contributed by atoms with Gasteiger partial charge in [-0.15, -0.1) is 0 Å². The van der Waals surface area contributed by atoms with Gasteiger partial charge in [0.05, 0.1) is 0 Å². The molecule has 1 heterocycles. The fraction of sp³-hybridized carbons (Fsp3) is 1.00. The van der Waals surface area contributed by atoms with Crippen LogP contribution in [0.4, 0.5) is 0 Å². The third-order valence-electron chi connectivity index (χ3n) is 2.47. The van der Waals surface area contributed by atoms with Crippen LogP contribution >= 0.6 is 10.7 Å². The average molecular weight is 242 g/mol. The van der Waals surface area contributed by atoms with Crippen LogP contribution in [-0.4, -0.2) is 64.5 Å². The number of likely N-dealkylation sites (N-methyl/N-ethyl adjacent to an activating group) is 2. The lowest BCUT2D eigenvalue weighted by Gasteiger charge is -2.37. The zero-order valence-electron chi connectivity index (χ0n) is 8.40. The lowest BCUT2D eigenvalue weighted by Crippen LogP contribution is -2.54. The zero-order valence-corrected chi connectivity index (χ0v) is 9.98. The van der Waals surface area contributed by atoms with E-state index in [9.17, 15) is 8.42 Å². The van der Waals surface area contributed by atoms with Crippen molar-refractivity contribution in [3.8, 4) is 0 Å². The molecule has 1 atom stereocenters. The van der Waals surface area contributed by atoms with Crippen molar-refractivity contribution in [2.24, 2.45) is 0 Å². The summed E-state index contributed by atoms with van der Waals surface area (Å²) in [7, 11) is 5.49. The Morgan fingerprint density at radius 2 is 2.07 bits per heavy atom. The second-order valence-corrected chi connectivity index (χ2v) is 6.07. The standard InChI is InChI=1S/C7H16ClN3O2S/c1-10-3-4-11(2)7(6-10)5-9-14(8,12)13/h7,9H,3-6H2,1-2H3. The SMILES string of the molecule is CN1CCN(C)C(CNS(=O)(=O)Cl)C1. The summed E-state index contributed by atoms with van der Waals surface area (Å²) in [5.74, 6) is 0. The Labute approximate surface area is 89.6 Å². The fourth-order valence-corrected chi connectivity index (χ4v) is 2.10. The minimum absolute atomic E-state index is 0.197. The molecule has 0 aliphatic carbocycles.